The quantitative estimate of drug-likeness (QED) is 0.593. The SMILES string of the molecule is CSCCN(C)C(=O)NC(CC(=O)O)C(=O)O. The number of aliphatic carboxylic acids is 2. The first kappa shape index (κ1) is 15.6. The summed E-state index contributed by atoms with van der Waals surface area (Å²) >= 11 is 1.55. The van der Waals surface area contributed by atoms with Gasteiger partial charge in [-0.05, 0) is 6.26 Å². The van der Waals surface area contributed by atoms with Crippen LogP contribution in [0.2, 0.25) is 0 Å². The van der Waals surface area contributed by atoms with Gasteiger partial charge in [0.15, 0.2) is 0 Å². The lowest BCUT2D eigenvalue weighted by atomic mass is 10.2. The van der Waals surface area contributed by atoms with E-state index in [4.69, 9.17) is 10.2 Å². The van der Waals surface area contributed by atoms with Crippen LogP contribution in [0.25, 0.3) is 0 Å². The first-order valence-corrected chi connectivity index (χ1v) is 6.23. The largest absolute Gasteiger partial charge is 0.481 e. The van der Waals surface area contributed by atoms with Gasteiger partial charge >= 0.3 is 18.0 Å². The number of hydrogen-bond acceptors (Lipinski definition) is 4. The zero-order chi connectivity index (χ0) is 13.4. The number of amides is 2. The van der Waals surface area contributed by atoms with E-state index in [1.54, 1.807) is 11.8 Å². The van der Waals surface area contributed by atoms with Gasteiger partial charge in [0.1, 0.15) is 6.04 Å². The van der Waals surface area contributed by atoms with Crippen molar-refractivity contribution in [2.24, 2.45) is 0 Å². The summed E-state index contributed by atoms with van der Waals surface area (Å²) < 4.78 is 0. The van der Waals surface area contributed by atoms with Crippen LogP contribution in [0.15, 0.2) is 0 Å². The second-order valence-corrected chi connectivity index (χ2v) is 4.34. The fourth-order valence-corrected chi connectivity index (χ4v) is 1.42. The zero-order valence-electron chi connectivity index (χ0n) is 9.67. The summed E-state index contributed by atoms with van der Waals surface area (Å²) in [6.45, 7) is 0.465. The molecule has 0 aliphatic rings. The molecule has 17 heavy (non-hydrogen) atoms. The molecule has 0 aromatic rings. The first-order valence-electron chi connectivity index (χ1n) is 4.83. The van der Waals surface area contributed by atoms with Crippen LogP contribution in [0.4, 0.5) is 4.79 Å². The van der Waals surface area contributed by atoms with Crippen LogP contribution >= 0.6 is 11.8 Å². The van der Waals surface area contributed by atoms with Crippen molar-refractivity contribution in [3.8, 4) is 0 Å². The molecule has 0 rings (SSSR count). The average molecular weight is 264 g/mol. The van der Waals surface area contributed by atoms with E-state index in [-0.39, 0.29) is 0 Å². The molecule has 0 aromatic heterocycles. The van der Waals surface area contributed by atoms with E-state index in [1.165, 1.54) is 11.9 Å². The van der Waals surface area contributed by atoms with Crippen LogP contribution in [0.1, 0.15) is 6.42 Å². The second kappa shape index (κ2) is 7.77. The maximum absolute atomic E-state index is 11.5. The van der Waals surface area contributed by atoms with Crippen molar-refractivity contribution in [1.82, 2.24) is 10.2 Å². The van der Waals surface area contributed by atoms with Crippen molar-refractivity contribution in [1.29, 1.82) is 0 Å². The number of carboxylic acids is 2. The van der Waals surface area contributed by atoms with Crippen LogP contribution in [-0.2, 0) is 9.59 Å². The van der Waals surface area contributed by atoms with Crippen LogP contribution in [-0.4, -0.2) is 64.7 Å². The Balaban J connectivity index is 4.29. The number of rotatable bonds is 7. The minimum absolute atomic E-state index is 0.465. The summed E-state index contributed by atoms with van der Waals surface area (Å²) in [7, 11) is 1.52. The molecule has 0 aliphatic carbocycles. The molecule has 0 radical (unpaired) electrons. The number of carboxylic acid groups (broad SMARTS) is 2. The number of nitrogens with zero attached hydrogens (tertiary/aromatic N) is 1. The standard InChI is InChI=1S/C9H16N2O5S/c1-11(3-4-17-2)9(16)10-6(8(14)15)5-7(12)13/h6H,3-5H2,1-2H3,(H,10,16)(H,12,13)(H,14,15). The van der Waals surface area contributed by atoms with Crippen molar-refractivity contribution < 1.29 is 24.6 Å². The molecule has 3 N–H and O–H groups in total. The summed E-state index contributed by atoms with van der Waals surface area (Å²) in [5.74, 6) is -1.91. The second-order valence-electron chi connectivity index (χ2n) is 3.35. The third kappa shape index (κ3) is 6.67. The van der Waals surface area contributed by atoms with Gasteiger partial charge in [-0.15, -0.1) is 0 Å². The Morgan fingerprint density at radius 1 is 1.35 bits per heavy atom. The maximum atomic E-state index is 11.5. The molecule has 8 heteroatoms. The van der Waals surface area contributed by atoms with Gasteiger partial charge in [0.25, 0.3) is 0 Å². The van der Waals surface area contributed by atoms with E-state index in [2.05, 4.69) is 5.32 Å². The Morgan fingerprint density at radius 2 is 1.94 bits per heavy atom. The number of carbonyl (C=O) groups excluding carboxylic acids is 1. The molecule has 0 spiro atoms. The van der Waals surface area contributed by atoms with Gasteiger partial charge < -0.3 is 20.4 Å². The minimum atomic E-state index is -1.41. The molecule has 0 fully saturated rings. The van der Waals surface area contributed by atoms with Crippen LogP contribution in [0.5, 0.6) is 0 Å². The topological polar surface area (TPSA) is 107 Å². The van der Waals surface area contributed by atoms with E-state index in [1.807, 2.05) is 6.26 Å². The van der Waals surface area contributed by atoms with Crippen molar-refractivity contribution in [2.45, 2.75) is 12.5 Å². The van der Waals surface area contributed by atoms with Gasteiger partial charge in [-0.2, -0.15) is 11.8 Å². The highest BCUT2D eigenvalue weighted by molar-refractivity contribution is 7.98. The molecule has 2 amide bonds. The highest BCUT2D eigenvalue weighted by Crippen LogP contribution is 1.97. The van der Waals surface area contributed by atoms with E-state index < -0.39 is 30.4 Å². The lowest BCUT2D eigenvalue weighted by Gasteiger charge is -2.20. The van der Waals surface area contributed by atoms with E-state index in [0.29, 0.717) is 6.54 Å². The molecule has 1 atom stereocenters. The Kier molecular flexibility index (Phi) is 7.11. The van der Waals surface area contributed by atoms with Crippen molar-refractivity contribution in [2.75, 3.05) is 25.6 Å². The molecule has 0 saturated heterocycles. The Morgan fingerprint density at radius 3 is 2.35 bits per heavy atom. The Bertz CT molecular complexity index is 297. The summed E-state index contributed by atoms with van der Waals surface area (Å²) in [5.41, 5.74) is 0. The maximum Gasteiger partial charge on any atom is 0.326 e. The van der Waals surface area contributed by atoms with Gasteiger partial charge in [0, 0.05) is 19.3 Å². The van der Waals surface area contributed by atoms with Crippen LogP contribution in [0, 0.1) is 0 Å². The number of hydrogen-bond donors (Lipinski definition) is 3. The molecule has 1 unspecified atom stereocenters. The molecule has 0 saturated carbocycles. The predicted octanol–water partition coefficient (Wildman–Crippen LogP) is -0.0813. The molecule has 7 nitrogen and oxygen atoms in total. The van der Waals surface area contributed by atoms with Crippen molar-refractivity contribution in [3.05, 3.63) is 0 Å². The molecular weight excluding hydrogens is 248 g/mol. The van der Waals surface area contributed by atoms with Gasteiger partial charge in [0.2, 0.25) is 0 Å². The molecule has 0 bridgehead atoms. The van der Waals surface area contributed by atoms with Crippen LogP contribution in [0.3, 0.4) is 0 Å². The van der Waals surface area contributed by atoms with Crippen LogP contribution < -0.4 is 5.32 Å². The fourth-order valence-electron chi connectivity index (χ4n) is 0.964. The minimum Gasteiger partial charge on any atom is -0.481 e. The molecule has 98 valence electrons. The summed E-state index contributed by atoms with van der Waals surface area (Å²) in [5, 5.41) is 19.4. The predicted molar refractivity (Wildman–Crippen MR) is 63.2 cm³/mol. The van der Waals surface area contributed by atoms with E-state index >= 15 is 0 Å². The Hall–Kier alpha value is -1.44. The fraction of sp³-hybridized carbons (Fsp3) is 0.667. The highest BCUT2D eigenvalue weighted by atomic mass is 32.2. The third-order valence-electron chi connectivity index (χ3n) is 1.95. The number of urea groups is 1. The summed E-state index contributed by atoms with van der Waals surface area (Å²) in [6.07, 6.45) is 1.24. The van der Waals surface area contributed by atoms with Gasteiger partial charge in [-0.1, -0.05) is 0 Å². The molecular formula is C9H16N2O5S. The number of nitrogens with one attached hydrogen (secondary N) is 1. The normalized spacial score (nSPS) is 11.6. The van der Waals surface area contributed by atoms with E-state index in [9.17, 15) is 14.4 Å². The van der Waals surface area contributed by atoms with Crippen molar-refractivity contribution in [3.63, 3.8) is 0 Å². The lowest BCUT2D eigenvalue weighted by molar-refractivity contribution is -0.145. The molecule has 0 heterocycles. The van der Waals surface area contributed by atoms with E-state index in [0.717, 1.165) is 5.75 Å². The average Bonchev–Trinajstić information content (AvgIpc) is 2.23. The number of thioether (sulfide) groups is 1. The smallest absolute Gasteiger partial charge is 0.326 e. The van der Waals surface area contributed by atoms with Gasteiger partial charge in [-0.25, -0.2) is 9.59 Å². The first-order chi connectivity index (χ1) is 7.88. The highest BCUT2D eigenvalue weighted by Gasteiger charge is 2.24. The molecule has 0 aromatic carbocycles. The summed E-state index contributed by atoms with van der Waals surface area (Å²) in [4.78, 5) is 33.9. The lowest BCUT2D eigenvalue weighted by Crippen LogP contribution is -2.48. The zero-order valence-corrected chi connectivity index (χ0v) is 10.5. The monoisotopic (exact) mass is 264 g/mol. The Labute approximate surface area is 103 Å². The van der Waals surface area contributed by atoms with Gasteiger partial charge in [0.05, 0.1) is 6.42 Å². The van der Waals surface area contributed by atoms with Crippen molar-refractivity contribution >= 4 is 29.7 Å². The third-order valence-corrected chi connectivity index (χ3v) is 2.54. The molecule has 0 aliphatic heterocycles. The van der Waals surface area contributed by atoms with Gasteiger partial charge in [-0.3, -0.25) is 4.79 Å². The summed E-state index contributed by atoms with van der Waals surface area (Å²) in [6, 6.07) is -2.00. The number of carbonyl (C=O) groups is 3.